The Labute approximate surface area is 165 Å². The molecule has 2 N–H and O–H groups in total. The summed E-state index contributed by atoms with van der Waals surface area (Å²) in [6.45, 7) is 7.62. The number of hydrogen-bond acceptors (Lipinski definition) is 7. The van der Waals surface area contributed by atoms with Gasteiger partial charge in [-0.3, -0.25) is 0 Å². The summed E-state index contributed by atoms with van der Waals surface area (Å²) < 4.78 is 26.1. The van der Waals surface area contributed by atoms with Gasteiger partial charge in [0.05, 0.1) is 5.41 Å². The lowest BCUT2D eigenvalue weighted by Gasteiger charge is -2.30. The second-order valence-corrected chi connectivity index (χ2v) is 8.81. The molecule has 4 rings (SSSR count). The predicted octanol–water partition coefficient (Wildman–Crippen LogP) is 2.16. The molecule has 0 spiro atoms. The van der Waals surface area contributed by atoms with Gasteiger partial charge in [-0.1, -0.05) is 0 Å². The van der Waals surface area contributed by atoms with E-state index >= 15 is 0 Å². The highest BCUT2D eigenvalue weighted by molar-refractivity contribution is 7.95. The fourth-order valence-corrected chi connectivity index (χ4v) is 4.85. The van der Waals surface area contributed by atoms with Gasteiger partial charge in [-0.15, -0.1) is 0 Å². The van der Waals surface area contributed by atoms with Crippen molar-refractivity contribution in [2.45, 2.75) is 19.9 Å². The maximum absolute atomic E-state index is 12.4. The molecule has 2 aromatic rings. The van der Waals surface area contributed by atoms with Crippen molar-refractivity contribution in [3.8, 4) is 0 Å². The molecule has 3 heterocycles. The van der Waals surface area contributed by atoms with Crippen LogP contribution in [-0.4, -0.2) is 50.6 Å². The largest absolute Gasteiger partial charge is 0.369 e. The van der Waals surface area contributed by atoms with E-state index in [-0.39, 0.29) is 6.04 Å². The van der Waals surface area contributed by atoms with E-state index in [0.29, 0.717) is 17.3 Å². The summed E-state index contributed by atoms with van der Waals surface area (Å²) in [6.07, 6.45) is 3.18. The molecule has 0 aliphatic carbocycles. The molecule has 0 unspecified atom stereocenters. The SMILES string of the molecule is CC(C)N1c2nc(Nc3ccc(N4CCNCC4)cc3)ncc2C=CS1(=O)=O. The van der Waals surface area contributed by atoms with Gasteiger partial charge in [0, 0.05) is 55.4 Å². The minimum absolute atomic E-state index is 0.241. The fraction of sp³-hybridized carbons (Fsp3) is 0.368. The molecule has 0 amide bonds. The predicted molar refractivity (Wildman–Crippen MR) is 112 cm³/mol. The average Bonchev–Trinajstić information content (AvgIpc) is 2.68. The number of nitrogens with zero attached hydrogens (tertiary/aromatic N) is 4. The number of anilines is 4. The Morgan fingerprint density at radius 3 is 2.54 bits per heavy atom. The summed E-state index contributed by atoms with van der Waals surface area (Å²) in [6, 6.07) is 7.86. The Kier molecular flexibility index (Phi) is 4.94. The van der Waals surface area contributed by atoms with Crippen LogP contribution >= 0.6 is 0 Å². The van der Waals surface area contributed by atoms with E-state index in [9.17, 15) is 8.42 Å². The Balaban J connectivity index is 1.56. The van der Waals surface area contributed by atoms with Crippen molar-refractivity contribution in [2.24, 2.45) is 0 Å². The van der Waals surface area contributed by atoms with E-state index in [1.807, 2.05) is 26.0 Å². The van der Waals surface area contributed by atoms with Crippen molar-refractivity contribution in [3.05, 3.63) is 41.4 Å². The molecule has 1 aromatic carbocycles. The maximum Gasteiger partial charge on any atom is 0.258 e. The lowest BCUT2D eigenvalue weighted by molar-refractivity contribution is 0.589. The highest BCUT2D eigenvalue weighted by Crippen LogP contribution is 2.31. The summed E-state index contributed by atoms with van der Waals surface area (Å²) in [5.41, 5.74) is 2.72. The zero-order valence-electron chi connectivity index (χ0n) is 16.0. The van der Waals surface area contributed by atoms with Crippen LogP contribution in [0.15, 0.2) is 35.9 Å². The number of piperazine rings is 1. The molecule has 8 nitrogen and oxygen atoms in total. The lowest BCUT2D eigenvalue weighted by atomic mass is 10.2. The number of rotatable bonds is 4. The van der Waals surface area contributed by atoms with Gasteiger partial charge in [0.2, 0.25) is 5.95 Å². The monoisotopic (exact) mass is 400 g/mol. The molecule has 1 aromatic heterocycles. The number of nitrogens with one attached hydrogen (secondary N) is 2. The van der Waals surface area contributed by atoms with Crippen molar-refractivity contribution in [1.29, 1.82) is 0 Å². The molecule has 148 valence electrons. The quantitative estimate of drug-likeness (QED) is 0.813. The summed E-state index contributed by atoms with van der Waals surface area (Å²) in [4.78, 5) is 11.1. The molecule has 0 bridgehead atoms. The fourth-order valence-electron chi connectivity index (χ4n) is 3.43. The molecule has 9 heteroatoms. The second kappa shape index (κ2) is 7.40. The van der Waals surface area contributed by atoms with Crippen LogP contribution < -0.4 is 19.8 Å². The van der Waals surface area contributed by atoms with Gasteiger partial charge in [0.25, 0.3) is 10.0 Å². The van der Waals surface area contributed by atoms with E-state index in [4.69, 9.17) is 0 Å². The van der Waals surface area contributed by atoms with E-state index in [2.05, 4.69) is 37.6 Å². The van der Waals surface area contributed by atoms with Gasteiger partial charge in [-0.25, -0.2) is 17.7 Å². The molecular formula is C19H24N6O2S. The molecule has 0 saturated carbocycles. The van der Waals surface area contributed by atoms with Gasteiger partial charge >= 0.3 is 0 Å². The van der Waals surface area contributed by atoms with Crippen LogP contribution in [0.25, 0.3) is 6.08 Å². The van der Waals surface area contributed by atoms with E-state index in [1.165, 1.54) is 21.5 Å². The summed E-state index contributed by atoms with van der Waals surface area (Å²) in [7, 11) is -3.52. The Bertz CT molecular complexity index is 982. The van der Waals surface area contributed by atoms with Crippen molar-refractivity contribution in [1.82, 2.24) is 15.3 Å². The van der Waals surface area contributed by atoms with Crippen LogP contribution in [0.3, 0.4) is 0 Å². The van der Waals surface area contributed by atoms with Gasteiger partial charge in [-0.05, 0) is 44.2 Å². The molecule has 28 heavy (non-hydrogen) atoms. The molecular weight excluding hydrogens is 376 g/mol. The molecule has 1 fully saturated rings. The molecule has 0 radical (unpaired) electrons. The Morgan fingerprint density at radius 1 is 1.14 bits per heavy atom. The first-order chi connectivity index (χ1) is 13.4. The summed E-state index contributed by atoms with van der Waals surface area (Å²) in [5, 5.41) is 7.72. The third-order valence-electron chi connectivity index (χ3n) is 4.77. The summed E-state index contributed by atoms with van der Waals surface area (Å²) >= 11 is 0. The average molecular weight is 401 g/mol. The maximum atomic E-state index is 12.4. The van der Waals surface area contributed by atoms with Crippen LogP contribution in [0.1, 0.15) is 19.4 Å². The van der Waals surface area contributed by atoms with Gasteiger partial charge in [0.1, 0.15) is 0 Å². The minimum Gasteiger partial charge on any atom is -0.369 e. The number of fused-ring (bicyclic) bond motifs is 1. The minimum atomic E-state index is -3.52. The standard InChI is InChI=1S/C19H24N6O2S/c1-14(2)25-18-15(7-12-28(25,26)27)13-21-19(23-18)22-16-3-5-17(6-4-16)24-10-8-20-9-11-24/h3-7,12-14,20H,8-11H2,1-2H3,(H,21,22,23). The zero-order valence-corrected chi connectivity index (χ0v) is 16.8. The third-order valence-corrected chi connectivity index (χ3v) is 6.40. The van der Waals surface area contributed by atoms with Crippen LogP contribution in [0.2, 0.25) is 0 Å². The summed E-state index contributed by atoms with van der Waals surface area (Å²) in [5.74, 6) is 0.761. The smallest absolute Gasteiger partial charge is 0.258 e. The van der Waals surface area contributed by atoms with E-state index in [0.717, 1.165) is 31.9 Å². The van der Waals surface area contributed by atoms with Crippen LogP contribution in [-0.2, 0) is 10.0 Å². The normalized spacial score (nSPS) is 18.2. The first kappa shape index (κ1) is 18.7. The third kappa shape index (κ3) is 3.67. The number of hydrogen-bond donors (Lipinski definition) is 2. The number of aromatic nitrogens is 2. The molecule has 2 aliphatic heterocycles. The van der Waals surface area contributed by atoms with Crippen LogP contribution in [0.5, 0.6) is 0 Å². The lowest BCUT2D eigenvalue weighted by Crippen LogP contribution is -2.43. The number of benzene rings is 1. The van der Waals surface area contributed by atoms with Crippen molar-refractivity contribution in [2.75, 3.05) is 40.7 Å². The first-order valence-electron chi connectivity index (χ1n) is 9.36. The Hall–Kier alpha value is -2.65. The van der Waals surface area contributed by atoms with Crippen LogP contribution in [0, 0.1) is 0 Å². The topological polar surface area (TPSA) is 90.5 Å². The highest BCUT2D eigenvalue weighted by atomic mass is 32.2. The first-order valence-corrected chi connectivity index (χ1v) is 10.9. The van der Waals surface area contributed by atoms with Gasteiger partial charge in [-0.2, -0.15) is 4.98 Å². The van der Waals surface area contributed by atoms with E-state index in [1.54, 1.807) is 6.20 Å². The van der Waals surface area contributed by atoms with E-state index < -0.39 is 10.0 Å². The molecule has 2 aliphatic rings. The van der Waals surface area contributed by atoms with Gasteiger partial charge in [0.15, 0.2) is 5.82 Å². The highest BCUT2D eigenvalue weighted by Gasteiger charge is 2.30. The van der Waals surface area contributed by atoms with Crippen LogP contribution in [0.4, 0.5) is 23.1 Å². The number of sulfonamides is 1. The van der Waals surface area contributed by atoms with Crippen molar-refractivity contribution >= 4 is 39.2 Å². The van der Waals surface area contributed by atoms with Crippen molar-refractivity contribution < 1.29 is 8.42 Å². The molecule has 1 saturated heterocycles. The van der Waals surface area contributed by atoms with Gasteiger partial charge < -0.3 is 15.5 Å². The zero-order chi connectivity index (χ0) is 19.7. The Morgan fingerprint density at radius 2 is 1.86 bits per heavy atom. The second-order valence-electron chi connectivity index (χ2n) is 7.12. The van der Waals surface area contributed by atoms with Crippen molar-refractivity contribution in [3.63, 3.8) is 0 Å². The molecule has 0 atom stereocenters.